The number of hydrogen-bond acceptors (Lipinski definition) is 8. The number of aliphatic imine (C=N–C) groups is 1. The average Bonchev–Trinajstić information content (AvgIpc) is 4.00. The Morgan fingerprint density at radius 2 is 1.30 bits per heavy atom. The molecule has 3 N–H and O–H groups in total. The Kier molecular flexibility index (Phi) is 10.3. The number of allylic oxidation sites excluding steroid dienone is 1. The molecule has 2 saturated heterocycles. The Balaban J connectivity index is 1.01. The van der Waals surface area contributed by atoms with E-state index in [1.807, 2.05) is 49.9 Å². The van der Waals surface area contributed by atoms with Gasteiger partial charge in [-0.15, -0.1) is 0 Å². The highest BCUT2D eigenvalue weighted by Crippen LogP contribution is 2.49. The van der Waals surface area contributed by atoms with Gasteiger partial charge in [-0.2, -0.15) is 0 Å². The standard InChI is InChI=1S/C41H49N7O6/c1-22(2)35(45-40(51)53-5)38(49)47-15-7-9-33(47)31-19-26(20-42-31)24-11-13-27-29(17-24)28-14-12-25(18-30(27)28)32-21-43-37(44-32)34-10-8-16-48(34)39(50)36(23(3)4)46-41(52)54-6/h11-14,17-18,20-23,33-36H,7-10,15-16,19H2,1-6H3,(H,43,44)(H,45,51)(H,46,52)/t33-,34-,35-,36-/m0/s1. The van der Waals surface area contributed by atoms with Crippen LogP contribution in [0.5, 0.6) is 0 Å². The second-order valence-electron chi connectivity index (χ2n) is 15.2. The maximum Gasteiger partial charge on any atom is 0.407 e. The Labute approximate surface area is 315 Å². The zero-order chi connectivity index (χ0) is 38.3. The Morgan fingerprint density at radius 3 is 1.87 bits per heavy atom. The van der Waals surface area contributed by atoms with Crippen LogP contribution >= 0.6 is 0 Å². The van der Waals surface area contributed by atoms with Crippen LogP contribution in [0.1, 0.15) is 77.2 Å². The van der Waals surface area contributed by atoms with Crippen LogP contribution in [0.25, 0.3) is 39.1 Å². The minimum Gasteiger partial charge on any atom is -0.453 e. The Morgan fingerprint density at radius 1 is 0.759 bits per heavy atom. The highest BCUT2D eigenvalue weighted by Gasteiger charge is 2.40. The molecule has 4 aliphatic rings. The molecule has 0 radical (unpaired) electrons. The molecule has 1 aliphatic carbocycles. The number of alkyl carbamates (subject to hydrolysis) is 2. The molecular formula is C41H49N7O6. The Hall–Kier alpha value is -5.46. The van der Waals surface area contributed by atoms with Crippen molar-refractivity contribution in [3.63, 3.8) is 0 Å². The van der Waals surface area contributed by atoms with Gasteiger partial charge < -0.3 is 34.9 Å². The number of rotatable bonds is 10. The number of aromatic nitrogens is 2. The van der Waals surface area contributed by atoms with Crippen molar-refractivity contribution < 1.29 is 28.7 Å². The minimum atomic E-state index is -0.685. The molecule has 0 spiro atoms. The molecule has 13 nitrogen and oxygen atoms in total. The van der Waals surface area contributed by atoms with E-state index in [2.05, 4.69) is 52.0 Å². The number of carbonyl (C=O) groups is 4. The van der Waals surface area contributed by atoms with Crippen molar-refractivity contribution in [1.29, 1.82) is 0 Å². The number of benzene rings is 2. The molecule has 54 heavy (non-hydrogen) atoms. The molecule has 7 rings (SSSR count). The van der Waals surface area contributed by atoms with E-state index < -0.39 is 24.3 Å². The lowest BCUT2D eigenvalue weighted by Crippen LogP contribution is -2.53. The summed E-state index contributed by atoms with van der Waals surface area (Å²) in [6.45, 7) is 8.88. The Bertz CT molecular complexity index is 2030. The summed E-state index contributed by atoms with van der Waals surface area (Å²) in [7, 11) is 2.59. The summed E-state index contributed by atoms with van der Waals surface area (Å²) in [6, 6.07) is 11.3. The van der Waals surface area contributed by atoms with E-state index in [1.54, 1.807) is 0 Å². The molecule has 13 heteroatoms. The van der Waals surface area contributed by atoms with Crippen LogP contribution in [0.2, 0.25) is 0 Å². The van der Waals surface area contributed by atoms with E-state index in [0.717, 1.165) is 59.6 Å². The minimum absolute atomic E-state index is 0.0857. The molecule has 3 aliphatic heterocycles. The summed E-state index contributed by atoms with van der Waals surface area (Å²) in [5, 5.41) is 5.42. The fourth-order valence-corrected chi connectivity index (χ4v) is 8.24. The number of hydrogen-bond donors (Lipinski definition) is 3. The predicted octanol–water partition coefficient (Wildman–Crippen LogP) is 6.33. The van der Waals surface area contributed by atoms with Crippen LogP contribution in [0.3, 0.4) is 0 Å². The molecule has 0 unspecified atom stereocenters. The van der Waals surface area contributed by atoms with Crippen LogP contribution in [-0.4, -0.2) is 94.9 Å². The van der Waals surface area contributed by atoms with Gasteiger partial charge in [-0.05, 0) is 83.0 Å². The molecule has 1 aromatic heterocycles. The second kappa shape index (κ2) is 15.1. The average molecular weight is 736 g/mol. The van der Waals surface area contributed by atoms with E-state index >= 15 is 0 Å². The number of H-pyrrole nitrogens is 1. The molecular weight excluding hydrogens is 686 g/mol. The SMILES string of the molecule is COC(=O)N[C@H](C(=O)N1CCC[C@H]1C1=NC=C(c2ccc3c(c2)-c2ccc(-c4cnc([C@@H]5CCCN5C(=O)[C@@H](NC(=O)OC)C(C)C)[nH]4)cc2-3)C1)C(C)C. The lowest BCUT2D eigenvalue weighted by atomic mass is 9.78. The summed E-state index contributed by atoms with van der Waals surface area (Å²) in [6.07, 6.45) is 6.57. The van der Waals surface area contributed by atoms with Gasteiger partial charge in [0.15, 0.2) is 0 Å². The van der Waals surface area contributed by atoms with E-state index in [-0.39, 0.29) is 35.7 Å². The van der Waals surface area contributed by atoms with Crippen LogP contribution in [0.15, 0.2) is 53.8 Å². The summed E-state index contributed by atoms with van der Waals surface area (Å²) < 4.78 is 9.54. The van der Waals surface area contributed by atoms with Crippen LogP contribution in [0, 0.1) is 11.8 Å². The zero-order valence-electron chi connectivity index (χ0n) is 31.8. The molecule has 4 heterocycles. The van der Waals surface area contributed by atoms with Crippen molar-refractivity contribution in [2.75, 3.05) is 27.3 Å². The van der Waals surface area contributed by atoms with Crippen molar-refractivity contribution in [2.45, 2.75) is 84.0 Å². The molecule has 4 atom stereocenters. The maximum atomic E-state index is 13.6. The first kappa shape index (κ1) is 36.9. The van der Waals surface area contributed by atoms with Gasteiger partial charge in [0, 0.05) is 37.0 Å². The first-order valence-corrected chi connectivity index (χ1v) is 18.9. The quantitative estimate of drug-likeness (QED) is 0.172. The molecule has 2 aromatic carbocycles. The molecule has 0 saturated carbocycles. The summed E-state index contributed by atoms with van der Waals surface area (Å²) >= 11 is 0. The van der Waals surface area contributed by atoms with Gasteiger partial charge in [0.05, 0.1) is 38.2 Å². The molecule has 3 aromatic rings. The van der Waals surface area contributed by atoms with Gasteiger partial charge in [-0.25, -0.2) is 14.6 Å². The van der Waals surface area contributed by atoms with Crippen molar-refractivity contribution in [1.82, 2.24) is 30.4 Å². The van der Waals surface area contributed by atoms with E-state index in [4.69, 9.17) is 19.5 Å². The number of nitrogens with one attached hydrogen (secondary N) is 3. The van der Waals surface area contributed by atoms with Gasteiger partial charge in [0.25, 0.3) is 0 Å². The monoisotopic (exact) mass is 735 g/mol. The third-order valence-electron chi connectivity index (χ3n) is 11.2. The number of fused-ring (bicyclic) bond motifs is 4. The molecule has 4 amide bonds. The van der Waals surface area contributed by atoms with E-state index in [1.165, 1.54) is 36.5 Å². The van der Waals surface area contributed by atoms with Crippen LogP contribution in [-0.2, 0) is 19.1 Å². The first-order chi connectivity index (χ1) is 26.0. The lowest BCUT2D eigenvalue weighted by Gasteiger charge is -2.31. The van der Waals surface area contributed by atoms with Gasteiger partial charge in [-0.1, -0.05) is 52.0 Å². The number of methoxy groups -OCH3 is 2. The number of amides is 4. The number of aromatic amines is 1. The molecule has 0 bridgehead atoms. The maximum absolute atomic E-state index is 13.6. The largest absolute Gasteiger partial charge is 0.453 e. The number of carbonyl (C=O) groups excluding carboxylic acids is 4. The third kappa shape index (κ3) is 6.87. The van der Waals surface area contributed by atoms with Crippen molar-refractivity contribution >= 4 is 35.3 Å². The van der Waals surface area contributed by atoms with Gasteiger partial charge >= 0.3 is 12.2 Å². The first-order valence-electron chi connectivity index (χ1n) is 18.9. The normalized spacial score (nSPS) is 19.8. The summed E-state index contributed by atoms with van der Waals surface area (Å²) in [4.78, 5) is 67.8. The van der Waals surface area contributed by atoms with Crippen molar-refractivity contribution in [2.24, 2.45) is 16.8 Å². The topological polar surface area (TPSA) is 158 Å². The van der Waals surface area contributed by atoms with Crippen molar-refractivity contribution in [3.05, 3.63) is 60.2 Å². The van der Waals surface area contributed by atoms with Gasteiger partial charge in [0.2, 0.25) is 11.8 Å². The number of ether oxygens (including phenoxy) is 2. The van der Waals surface area contributed by atoms with Crippen LogP contribution < -0.4 is 10.6 Å². The van der Waals surface area contributed by atoms with E-state index in [0.29, 0.717) is 19.5 Å². The number of nitrogens with zero attached hydrogens (tertiary/aromatic N) is 4. The zero-order valence-corrected chi connectivity index (χ0v) is 31.8. The van der Waals surface area contributed by atoms with E-state index in [9.17, 15) is 19.2 Å². The third-order valence-corrected chi connectivity index (χ3v) is 11.2. The predicted molar refractivity (Wildman–Crippen MR) is 205 cm³/mol. The molecule has 2 fully saturated rings. The fourth-order valence-electron chi connectivity index (χ4n) is 8.24. The lowest BCUT2D eigenvalue weighted by molar-refractivity contribution is -0.135. The molecule has 284 valence electrons. The summed E-state index contributed by atoms with van der Waals surface area (Å²) in [5.41, 5.74) is 9.85. The second-order valence-corrected chi connectivity index (χ2v) is 15.2. The highest BCUT2D eigenvalue weighted by atomic mass is 16.5. The highest BCUT2D eigenvalue weighted by molar-refractivity contribution is 6.07. The fraction of sp³-hybridized carbons (Fsp3) is 0.463. The summed E-state index contributed by atoms with van der Waals surface area (Å²) in [5.74, 6) is 0.312. The smallest absolute Gasteiger partial charge is 0.407 e. The number of likely N-dealkylation sites (tertiary alicyclic amines) is 2. The van der Waals surface area contributed by atoms with Gasteiger partial charge in [-0.3, -0.25) is 14.6 Å². The number of imidazole rings is 1. The van der Waals surface area contributed by atoms with Crippen LogP contribution in [0.4, 0.5) is 9.59 Å². The van der Waals surface area contributed by atoms with Gasteiger partial charge in [0.1, 0.15) is 17.9 Å². The van der Waals surface area contributed by atoms with Crippen molar-refractivity contribution in [3.8, 4) is 33.5 Å².